The molecule has 33 heavy (non-hydrogen) atoms. The predicted molar refractivity (Wildman–Crippen MR) is 130 cm³/mol. The van der Waals surface area contributed by atoms with Crippen LogP contribution in [-0.2, 0) is 10.0 Å². The molecule has 180 valence electrons. The number of rotatable bonds is 11. The average Bonchev–Trinajstić information content (AvgIpc) is 3.34. The number of methoxy groups -OCH3 is 1. The number of sulfonamides is 1. The summed E-state index contributed by atoms with van der Waals surface area (Å²) in [4.78, 5) is 15.3. The molecule has 0 radical (unpaired) electrons. The van der Waals surface area contributed by atoms with E-state index < -0.39 is 10.0 Å². The standard InChI is InChI=1S/C25H35N3O4S/c1-4-28(5-2)22(19-11-7-6-8-12-19)18-26-25(29)20-15-16-23(32-3)24(17-20)33(30,31)27-21-13-9-10-14-21/h6-8,11-12,15-17,21-22,27H,4-5,9-10,13-14,18H2,1-3H3,(H,26,29). The minimum atomic E-state index is -3.80. The maximum absolute atomic E-state index is 13.0. The van der Waals surface area contributed by atoms with Crippen molar-refractivity contribution in [3.63, 3.8) is 0 Å². The molecule has 1 aliphatic rings. The minimum Gasteiger partial charge on any atom is -0.495 e. The lowest BCUT2D eigenvalue weighted by molar-refractivity contribution is 0.0934. The van der Waals surface area contributed by atoms with E-state index in [0.29, 0.717) is 6.54 Å². The summed E-state index contributed by atoms with van der Waals surface area (Å²) >= 11 is 0. The van der Waals surface area contributed by atoms with E-state index in [0.717, 1.165) is 44.3 Å². The van der Waals surface area contributed by atoms with Gasteiger partial charge in [-0.1, -0.05) is 57.0 Å². The van der Waals surface area contributed by atoms with Crippen LogP contribution in [0.4, 0.5) is 0 Å². The van der Waals surface area contributed by atoms with E-state index in [9.17, 15) is 13.2 Å². The van der Waals surface area contributed by atoms with Crippen LogP contribution < -0.4 is 14.8 Å². The molecule has 1 saturated carbocycles. The number of likely N-dealkylation sites (N-methyl/N-ethyl adjacent to an activating group) is 1. The zero-order chi connectivity index (χ0) is 23.8. The Morgan fingerprint density at radius 3 is 2.36 bits per heavy atom. The quantitative estimate of drug-likeness (QED) is 0.519. The van der Waals surface area contributed by atoms with Gasteiger partial charge >= 0.3 is 0 Å². The van der Waals surface area contributed by atoms with Gasteiger partial charge in [0.15, 0.2) is 0 Å². The molecule has 7 nitrogen and oxygen atoms in total. The molecule has 1 aliphatic carbocycles. The van der Waals surface area contributed by atoms with E-state index >= 15 is 0 Å². The van der Waals surface area contributed by atoms with Crippen molar-refractivity contribution in [2.75, 3.05) is 26.7 Å². The lowest BCUT2D eigenvalue weighted by Gasteiger charge is -2.30. The van der Waals surface area contributed by atoms with Gasteiger partial charge in [0.1, 0.15) is 10.6 Å². The summed E-state index contributed by atoms with van der Waals surface area (Å²) in [7, 11) is -2.37. The Balaban J connectivity index is 1.79. The summed E-state index contributed by atoms with van der Waals surface area (Å²) in [5, 5.41) is 3.00. The highest BCUT2D eigenvalue weighted by molar-refractivity contribution is 7.89. The molecule has 2 aromatic rings. The number of benzene rings is 2. The number of carbonyl (C=O) groups is 1. The second kappa shape index (κ2) is 11.6. The summed E-state index contributed by atoms with van der Waals surface area (Å²) in [6, 6.07) is 14.6. The lowest BCUT2D eigenvalue weighted by Crippen LogP contribution is -2.38. The molecule has 2 N–H and O–H groups in total. The van der Waals surface area contributed by atoms with Crippen molar-refractivity contribution in [1.82, 2.24) is 14.9 Å². The first-order chi connectivity index (χ1) is 15.9. The second-order valence-corrected chi connectivity index (χ2v) is 10.0. The molecule has 0 spiro atoms. The van der Waals surface area contributed by atoms with Crippen molar-refractivity contribution in [3.05, 3.63) is 59.7 Å². The smallest absolute Gasteiger partial charge is 0.251 e. The van der Waals surface area contributed by atoms with Crippen LogP contribution >= 0.6 is 0 Å². The van der Waals surface area contributed by atoms with Gasteiger partial charge in [-0.05, 0) is 49.7 Å². The van der Waals surface area contributed by atoms with Crippen molar-refractivity contribution in [2.24, 2.45) is 0 Å². The van der Waals surface area contributed by atoms with E-state index in [4.69, 9.17) is 4.74 Å². The first-order valence-corrected chi connectivity index (χ1v) is 13.2. The van der Waals surface area contributed by atoms with Gasteiger partial charge in [-0.15, -0.1) is 0 Å². The fraction of sp³-hybridized carbons (Fsp3) is 0.480. The molecular formula is C25H35N3O4S. The lowest BCUT2D eigenvalue weighted by atomic mass is 10.0. The maximum atomic E-state index is 13.0. The third-order valence-corrected chi connectivity index (χ3v) is 7.83. The number of nitrogens with zero attached hydrogens (tertiary/aromatic N) is 1. The van der Waals surface area contributed by atoms with Crippen molar-refractivity contribution >= 4 is 15.9 Å². The zero-order valence-electron chi connectivity index (χ0n) is 19.7. The second-order valence-electron chi connectivity index (χ2n) is 8.33. The Morgan fingerprint density at radius 1 is 1.09 bits per heavy atom. The molecule has 0 heterocycles. The number of hydrogen-bond acceptors (Lipinski definition) is 5. The monoisotopic (exact) mass is 473 g/mol. The fourth-order valence-corrected chi connectivity index (χ4v) is 5.94. The van der Waals surface area contributed by atoms with Crippen molar-refractivity contribution in [2.45, 2.75) is 56.5 Å². The van der Waals surface area contributed by atoms with E-state index in [1.165, 1.54) is 19.2 Å². The summed E-state index contributed by atoms with van der Waals surface area (Å²) in [5.74, 6) is -0.0922. The molecular weight excluding hydrogens is 438 g/mol. The van der Waals surface area contributed by atoms with Crippen LogP contribution in [0.15, 0.2) is 53.4 Å². The normalized spacial score (nSPS) is 15.5. The summed E-state index contributed by atoms with van der Waals surface area (Å²) in [5.41, 5.74) is 1.41. The van der Waals surface area contributed by atoms with E-state index in [1.807, 2.05) is 18.2 Å². The SMILES string of the molecule is CCN(CC)C(CNC(=O)c1ccc(OC)c(S(=O)(=O)NC2CCCC2)c1)c1ccccc1. The Morgan fingerprint density at radius 2 is 1.76 bits per heavy atom. The number of nitrogens with one attached hydrogen (secondary N) is 2. The predicted octanol–water partition coefficient (Wildman–Crippen LogP) is 3.73. The molecule has 1 fully saturated rings. The summed E-state index contributed by atoms with van der Waals surface area (Å²) in [6.07, 6.45) is 3.69. The molecule has 0 saturated heterocycles. The van der Waals surface area contributed by atoms with Gasteiger partial charge < -0.3 is 10.1 Å². The van der Waals surface area contributed by atoms with Crippen LogP contribution in [0.2, 0.25) is 0 Å². The molecule has 2 aromatic carbocycles. The fourth-order valence-electron chi connectivity index (χ4n) is 4.44. The Labute approximate surface area is 197 Å². The van der Waals surface area contributed by atoms with Gasteiger partial charge in [0.25, 0.3) is 5.91 Å². The van der Waals surface area contributed by atoms with Crippen molar-refractivity contribution < 1.29 is 17.9 Å². The van der Waals surface area contributed by atoms with Gasteiger partial charge in [0.05, 0.1) is 13.2 Å². The number of ether oxygens (including phenoxy) is 1. The van der Waals surface area contributed by atoms with Crippen molar-refractivity contribution in [1.29, 1.82) is 0 Å². The van der Waals surface area contributed by atoms with Crippen LogP contribution in [0.3, 0.4) is 0 Å². The highest BCUT2D eigenvalue weighted by atomic mass is 32.2. The van der Waals surface area contributed by atoms with Crippen LogP contribution in [0.1, 0.15) is 61.5 Å². The minimum absolute atomic E-state index is 0.00657. The Hall–Kier alpha value is -2.42. The number of carbonyl (C=O) groups excluding carboxylic acids is 1. The summed E-state index contributed by atoms with van der Waals surface area (Å²) in [6.45, 7) is 6.31. The zero-order valence-corrected chi connectivity index (χ0v) is 20.5. The maximum Gasteiger partial charge on any atom is 0.251 e. The molecule has 1 atom stereocenters. The average molecular weight is 474 g/mol. The third kappa shape index (κ3) is 6.34. The number of hydrogen-bond donors (Lipinski definition) is 2. The van der Waals surface area contributed by atoms with Gasteiger partial charge in [0.2, 0.25) is 10.0 Å². The van der Waals surface area contributed by atoms with E-state index in [-0.39, 0.29) is 34.2 Å². The topological polar surface area (TPSA) is 87.7 Å². The Bertz CT molecular complexity index is 1020. The van der Waals surface area contributed by atoms with Crippen LogP contribution in [0.5, 0.6) is 5.75 Å². The largest absolute Gasteiger partial charge is 0.495 e. The van der Waals surface area contributed by atoms with E-state index in [1.54, 1.807) is 6.07 Å². The molecule has 3 rings (SSSR count). The molecule has 1 unspecified atom stereocenters. The van der Waals surface area contributed by atoms with E-state index in [2.05, 4.69) is 40.9 Å². The van der Waals surface area contributed by atoms with Gasteiger partial charge in [0, 0.05) is 18.2 Å². The van der Waals surface area contributed by atoms with Gasteiger partial charge in [-0.25, -0.2) is 13.1 Å². The van der Waals surface area contributed by atoms with Gasteiger partial charge in [-0.2, -0.15) is 0 Å². The number of amides is 1. The van der Waals surface area contributed by atoms with Crippen molar-refractivity contribution in [3.8, 4) is 5.75 Å². The van der Waals surface area contributed by atoms with Crippen LogP contribution in [0, 0.1) is 0 Å². The highest BCUT2D eigenvalue weighted by Crippen LogP contribution is 2.27. The van der Waals surface area contributed by atoms with Gasteiger partial charge in [-0.3, -0.25) is 9.69 Å². The highest BCUT2D eigenvalue weighted by Gasteiger charge is 2.27. The molecule has 0 aromatic heterocycles. The summed E-state index contributed by atoms with van der Waals surface area (Å²) < 4.78 is 34.1. The molecule has 0 aliphatic heterocycles. The molecule has 0 bridgehead atoms. The molecule has 1 amide bonds. The van der Waals surface area contributed by atoms with Crippen LogP contribution in [0.25, 0.3) is 0 Å². The third-order valence-electron chi connectivity index (χ3n) is 6.29. The van der Waals surface area contributed by atoms with Crippen LogP contribution in [-0.4, -0.2) is 52.0 Å². The first-order valence-electron chi connectivity index (χ1n) is 11.7. The first kappa shape index (κ1) is 25.2. The molecule has 8 heteroatoms. The Kier molecular flexibility index (Phi) is 8.88.